The van der Waals surface area contributed by atoms with Gasteiger partial charge >= 0.3 is 0 Å². The van der Waals surface area contributed by atoms with Gasteiger partial charge in [0.1, 0.15) is 0 Å². The third kappa shape index (κ3) is 3.11. The van der Waals surface area contributed by atoms with E-state index in [2.05, 4.69) is 54.3 Å². The molecule has 1 aliphatic carbocycles. The summed E-state index contributed by atoms with van der Waals surface area (Å²) < 4.78 is 0. The molecule has 0 bridgehead atoms. The van der Waals surface area contributed by atoms with Gasteiger partial charge in [-0.25, -0.2) is 0 Å². The molecular weight excluding hydrogens is 264 g/mol. The Morgan fingerprint density at radius 3 is 2.50 bits per heavy atom. The van der Waals surface area contributed by atoms with E-state index in [4.69, 9.17) is 5.73 Å². The van der Waals surface area contributed by atoms with E-state index in [1.165, 1.54) is 28.2 Å². The molecule has 3 heteroatoms. The molecule has 1 unspecified atom stereocenters. The second-order valence-corrected chi connectivity index (χ2v) is 6.91. The van der Waals surface area contributed by atoms with Crippen molar-refractivity contribution in [1.29, 1.82) is 0 Å². The van der Waals surface area contributed by atoms with E-state index in [0.29, 0.717) is 18.6 Å². The fourth-order valence-corrected chi connectivity index (χ4v) is 3.75. The molecule has 1 aromatic carbocycles. The van der Waals surface area contributed by atoms with E-state index in [1.54, 1.807) is 0 Å². The number of nitrogens with two attached hydrogens (primary N) is 1. The van der Waals surface area contributed by atoms with Crippen LogP contribution in [0.25, 0.3) is 0 Å². The molecule has 0 aliphatic heterocycles. The van der Waals surface area contributed by atoms with Crippen molar-refractivity contribution in [2.45, 2.75) is 38.4 Å². The quantitative estimate of drug-likeness (QED) is 0.877. The van der Waals surface area contributed by atoms with Gasteiger partial charge in [0.2, 0.25) is 0 Å². The van der Waals surface area contributed by atoms with E-state index >= 15 is 0 Å². The number of thiophene rings is 1. The van der Waals surface area contributed by atoms with Gasteiger partial charge in [0.25, 0.3) is 0 Å². The first-order chi connectivity index (χ1) is 9.78. The SMILES string of the molecule is Cc1ccc(C(CN)N(Cc2ccccc2)C2CC2)s1. The topological polar surface area (TPSA) is 29.3 Å². The number of nitrogens with zero attached hydrogens (tertiary/aromatic N) is 1. The summed E-state index contributed by atoms with van der Waals surface area (Å²) in [4.78, 5) is 5.38. The molecule has 0 amide bonds. The summed E-state index contributed by atoms with van der Waals surface area (Å²) >= 11 is 1.88. The van der Waals surface area contributed by atoms with E-state index < -0.39 is 0 Å². The van der Waals surface area contributed by atoms with Crippen molar-refractivity contribution in [2.75, 3.05) is 6.54 Å². The van der Waals surface area contributed by atoms with Gasteiger partial charge in [-0.3, -0.25) is 4.90 Å². The highest BCUT2D eigenvalue weighted by atomic mass is 32.1. The van der Waals surface area contributed by atoms with Crippen LogP contribution in [0.3, 0.4) is 0 Å². The summed E-state index contributed by atoms with van der Waals surface area (Å²) in [6.45, 7) is 3.87. The zero-order chi connectivity index (χ0) is 13.9. The molecule has 0 radical (unpaired) electrons. The number of aryl methyl sites for hydroxylation is 1. The first-order valence-electron chi connectivity index (χ1n) is 7.34. The zero-order valence-corrected chi connectivity index (χ0v) is 12.8. The molecule has 1 aliphatic rings. The lowest BCUT2D eigenvalue weighted by Crippen LogP contribution is -2.34. The number of hydrogen-bond acceptors (Lipinski definition) is 3. The first kappa shape index (κ1) is 13.8. The van der Waals surface area contributed by atoms with Crippen molar-refractivity contribution in [3.05, 3.63) is 57.8 Å². The molecule has 1 saturated carbocycles. The van der Waals surface area contributed by atoms with Crippen LogP contribution in [0.1, 0.15) is 34.2 Å². The van der Waals surface area contributed by atoms with E-state index in [0.717, 1.165) is 6.54 Å². The van der Waals surface area contributed by atoms with Crippen molar-refractivity contribution >= 4 is 11.3 Å². The van der Waals surface area contributed by atoms with E-state index in [-0.39, 0.29) is 0 Å². The molecule has 0 saturated heterocycles. The highest BCUT2D eigenvalue weighted by Gasteiger charge is 2.34. The highest BCUT2D eigenvalue weighted by molar-refractivity contribution is 7.12. The predicted octanol–water partition coefficient (Wildman–Crippen LogP) is 3.72. The molecule has 20 heavy (non-hydrogen) atoms. The Bertz CT molecular complexity index is 545. The van der Waals surface area contributed by atoms with Gasteiger partial charge in [-0.15, -0.1) is 11.3 Å². The Morgan fingerprint density at radius 2 is 1.95 bits per heavy atom. The third-order valence-electron chi connectivity index (χ3n) is 3.94. The normalized spacial score (nSPS) is 16.6. The second kappa shape index (κ2) is 6.08. The first-order valence-corrected chi connectivity index (χ1v) is 8.15. The van der Waals surface area contributed by atoms with Crippen molar-refractivity contribution < 1.29 is 0 Å². The molecule has 3 rings (SSSR count). The van der Waals surface area contributed by atoms with Crippen molar-refractivity contribution in [3.63, 3.8) is 0 Å². The van der Waals surface area contributed by atoms with Gasteiger partial charge in [0, 0.05) is 28.9 Å². The third-order valence-corrected chi connectivity index (χ3v) is 5.04. The number of rotatable bonds is 6. The molecule has 2 N–H and O–H groups in total. The summed E-state index contributed by atoms with van der Waals surface area (Å²) in [6.07, 6.45) is 2.63. The lowest BCUT2D eigenvalue weighted by Gasteiger charge is -2.30. The van der Waals surface area contributed by atoms with Crippen LogP contribution in [0.2, 0.25) is 0 Å². The van der Waals surface area contributed by atoms with Crippen LogP contribution in [-0.4, -0.2) is 17.5 Å². The van der Waals surface area contributed by atoms with Crippen LogP contribution in [0.4, 0.5) is 0 Å². The van der Waals surface area contributed by atoms with Gasteiger partial charge in [0.15, 0.2) is 0 Å². The van der Waals surface area contributed by atoms with Crippen LogP contribution < -0.4 is 5.73 Å². The molecule has 1 atom stereocenters. The largest absolute Gasteiger partial charge is 0.329 e. The minimum absolute atomic E-state index is 0.362. The Hall–Kier alpha value is -1.16. The smallest absolute Gasteiger partial charge is 0.0570 e. The van der Waals surface area contributed by atoms with Crippen molar-refractivity contribution in [3.8, 4) is 0 Å². The number of benzene rings is 1. The Kier molecular flexibility index (Phi) is 4.20. The average Bonchev–Trinajstić information content (AvgIpc) is 3.23. The number of hydrogen-bond donors (Lipinski definition) is 1. The second-order valence-electron chi connectivity index (χ2n) is 5.59. The highest BCUT2D eigenvalue weighted by Crippen LogP contribution is 2.37. The molecule has 1 heterocycles. The molecule has 106 valence electrons. The van der Waals surface area contributed by atoms with Gasteiger partial charge in [-0.05, 0) is 37.5 Å². The van der Waals surface area contributed by atoms with Crippen molar-refractivity contribution in [2.24, 2.45) is 5.73 Å². The van der Waals surface area contributed by atoms with Gasteiger partial charge in [0.05, 0.1) is 6.04 Å². The lowest BCUT2D eigenvalue weighted by molar-refractivity contribution is 0.184. The fourth-order valence-electron chi connectivity index (χ4n) is 2.74. The van der Waals surface area contributed by atoms with Gasteiger partial charge < -0.3 is 5.73 Å². The molecule has 1 aromatic heterocycles. The van der Waals surface area contributed by atoms with Crippen LogP contribution in [0.15, 0.2) is 42.5 Å². The summed E-state index contributed by atoms with van der Waals surface area (Å²) in [6, 6.07) is 16.3. The molecule has 1 fully saturated rings. The molecular formula is C17H22N2S. The lowest BCUT2D eigenvalue weighted by atomic mass is 10.1. The predicted molar refractivity (Wildman–Crippen MR) is 85.9 cm³/mol. The minimum atomic E-state index is 0.362. The van der Waals surface area contributed by atoms with Crippen LogP contribution in [-0.2, 0) is 6.54 Å². The Morgan fingerprint density at radius 1 is 1.20 bits per heavy atom. The van der Waals surface area contributed by atoms with Crippen LogP contribution in [0, 0.1) is 6.92 Å². The minimum Gasteiger partial charge on any atom is -0.329 e. The molecule has 2 nitrogen and oxygen atoms in total. The summed E-state index contributed by atoms with van der Waals surface area (Å²) in [5.74, 6) is 0. The van der Waals surface area contributed by atoms with E-state index in [9.17, 15) is 0 Å². The summed E-state index contributed by atoms with van der Waals surface area (Å²) in [5, 5.41) is 0. The van der Waals surface area contributed by atoms with Crippen LogP contribution >= 0.6 is 11.3 Å². The fraction of sp³-hybridized carbons (Fsp3) is 0.412. The summed E-state index contributed by atoms with van der Waals surface area (Å²) in [7, 11) is 0. The maximum Gasteiger partial charge on any atom is 0.0570 e. The van der Waals surface area contributed by atoms with E-state index in [1.807, 2.05) is 11.3 Å². The Balaban J connectivity index is 1.81. The maximum atomic E-state index is 6.10. The summed E-state index contributed by atoms with van der Waals surface area (Å²) in [5.41, 5.74) is 7.48. The van der Waals surface area contributed by atoms with Gasteiger partial charge in [-0.1, -0.05) is 30.3 Å². The van der Waals surface area contributed by atoms with Crippen LogP contribution in [0.5, 0.6) is 0 Å². The standard InChI is InChI=1S/C17H22N2S/c1-13-7-10-17(20-13)16(11-18)19(15-8-9-15)12-14-5-3-2-4-6-14/h2-7,10,15-16H,8-9,11-12,18H2,1H3. The average molecular weight is 286 g/mol. The maximum absolute atomic E-state index is 6.10. The zero-order valence-electron chi connectivity index (χ0n) is 12.0. The Labute approximate surface area is 125 Å². The van der Waals surface area contributed by atoms with Gasteiger partial charge in [-0.2, -0.15) is 0 Å². The monoisotopic (exact) mass is 286 g/mol. The molecule has 2 aromatic rings. The van der Waals surface area contributed by atoms with Crippen molar-refractivity contribution in [1.82, 2.24) is 4.90 Å². The molecule has 0 spiro atoms.